The first-order valence-electron chi connectivity index (χ1n) is 9.93. The average molecular weight is 354 g/mol. The summed E-state index contributed by atoms with van der Waals surface area (Å²) in [5, 5.41) is 9.75. The van der Waals surface area contributed by atoms with Gasteiger partial charge in [-0.25, -0.2) is 0 Å². The molecule has 3 saturated heterocycles. The van der Waals surface area contributed by atoms with Gasteiger partial charge in [0.05, 0.1) is 6.61 Å². The Hall–Kier alpha value is -0.165. The molecule has 3 aliphatic heterocycles. The predicted octanol–water partition coefficient (Wildman–Crippen LogP) is 3.15. The highest BCUT2D eigenvalue weighted by atomic mass is 19.1. The first-order chi connectivity index (χ1) is 11.4. The van der Waals surface area contributed by atoms with Crippen LogP contribution >= 0.6 is 0 Å². The molecule has 25 heavy (non-hydrogen) atoms. The summed E-state index contributed by atoms with van der Waals surface area (Å²) in [6.45, 7) is 17.6. The van der Waals surface area contributed by atoms with Crippen molar-refractivity contribution in [1.82, 2.24) is 9.62 Å². The number of hydrogen-bond donors (Lipinski definition) is 1. The van der Waals surface area contributed by atoms with Crippen LogP contribution in [-0.2, 0) is 4.74 Å². The molecular weight excluding hydrogens is 318 g/mol. The van der Waals surface area contributed by atoms with E-state index in [9.17, 15) is 5.11 Å². The molecule has 0 bridgehead atoms. The summed E-state index contributed by atoms with van der Waals surface area (Å²) in [7, 11) is -1.04. The lowest BCUT2D eigenvalue weighted by Gasteiger charge is -2.58. The van der Waals surface area contributed by atoms with Gasteiger partial charge < -0.3 is 9.84 Å². The molecule has 0 spiro atoms. The van der Waals surface area contributed by atoms with Crippen molar-refractivity contribution in [3.63, 3.8) is 0 Å². The summed E-state index contributed by atoms with van der Waals surface area (Å²) in [6, 6.07) is 0.454. The van der Waals surface area contributed by atoms with Crippen molar-refractivity contribution in [2.75, 3.05) is 6.61 Å². The first-order valence-corrected chi connectivity index (χ1v) is 9.93. The van der Waals surface area contributed by atoms with Gasteiger partial charge in [0, 0.05) is 29.1 Å². The molecule has 0 aromatic carbocycles. The highest BCUT2D eigenvalue weighted by molar-refractivity contribution is 6.45. The van der Waals surface area contributed by atoms with E-state index in [-0.39, 0.29) is 29.1 Å². The third-order valence-corrected chi connectivity index (χ3v) is 7.70. The zero-order valence-electron chi connectivity index (χ0n) is 17.2. The van der Waals surface area contributed by atoms with Gasteiger partial charge in [0.2, 0.25) is 0 Å². The summed E-state index contributed by atoms with van der Waals surface area (Å²) in [5.74, 6) is 1.23. The number of aliphatic hydroxyl groups is 1. The van der Waals surface area contributed by atoms with Crippen LogP contribution in [0.2, 0.25) is 0 Å². The number of hydrogen-bond acceptors (Lipinski definition) is 4. The van der Waals surface area contributed by atoms with E-state index in [1.807, 2.05) is 0 Å². The Morgan fingerprint density at radius 1 is 1.16 bits per heavy atom. The van der Waals surface area contributed by atoms with Gasteiger partial charge in [0.25, 0.3) is 0 Å². The molecule has 0 amide bonds. The minimum absolute atomic E-state index is 0.123. The number of fused-ring (bicyclic) bond motifs is 2. The Balaban J connectivity index is 2.09. The summed E-state index contributed by atoms with van der Waals surface area (Å²) in [6.07, 6.45) is 0.194. The lowest BCUT2D eigenvalue weighted by molar-refractivity contribution is -0.146. The average Bonchev–Trinajstić information content (AvgIpc) is 2.88. The molecule has 3 aliphatic rings. The minimum Gasteiger partial charge on any atom is -0.368 e. The monoisotopic (exact) mass is 354 g/mol. The lowest BCUT2D eigenvalue weighted by Crippen LogP contribution is -2.74. The lowest BCUT2D eigenvalue weighted by atomic mass is 9.62. The highest BCUT2D eigenvalue weighted by Gasteiger charge is 2.69. The van der Waals surface area contributed by atoms with Crippen molar-refractivity contribution in [3.05, 3.63) is 0 Å². The summed E-state index contributed by atoms with van der Waals surface area (Å²) in [5.41, 5.74) is -0.388. The number of halogens is 1. The quantitative estimate of drug-likeness (QED) is 0.624. The van der Waals surface area contributed by atoms with Gasteiger partial charge in [-0.1, -0.05) is 34.6 Å². The van der Waals surface area contributed by atoms with Gasteiger partial charge in [-0.3, -0.25) is 13.9 Å². The molecule has 3 fully saturated rings. The molecule has 3 heterocycles. The van der Waals surface area contributed by atoms with E-state index >= 15 is 4.32 Å². The van der Waals surface area contributed by atoms with Crippen LogP contribution in [0.5, 0.6) is 0 Å². The molecule has 8 unspecified atom stereocenters. The summed E-state index contributed by atoms with van der Waals surface area (Å²) < 4.78 is 21.6. The first kappa shape index (κ1) is 19.6. The van der Waals surface area contributed by atoms with Crippen molar-refractivity contribution in [2.45, 2.75) is 91.8 Å². The smallest absolute Gasteiger partial charge is 0.368 e. The Kier molecular flexibility index (Phi) is 4.85. The molecule has 8 atom stereocenters. The zero-order valence-corrected chi connectivity index (χ0v) is 17.2. The Bertz CT molecular complexity index is 516. The van der Waals surface area contributed by atoms with Crippen molar-refractivity contribution < 1.29 is 14.2 Å². The minimum atomic E-state index is -1.04. The Morgan fingerprint density at radius 3 is 2.32 bits per heavy atom. The van der Waals surface area contributed by atoms with E-state index in [2.05, 4.69) is 58.1 Å². The summed E-state index contributed by atoms with van der Waals surface area (Å²) >= 11 is 0. The molecule has 4 nitrogen and oxygen atoms in total. The highest BCUT2D eigenvalue weighted by Crippen LogP contribution is 2.57. The van der Waals surface area contributed by atoms with E-state index in [1.165, 1.54) is 0 Å². The third-order valence-electron chi connectivity index (χ3n) is 7.70. The number of ether oxygens (including phenoxy) is 1. The van der Waals surface area contributed by atoms with Gasteiger partial charge in [0.15, 0.2) is 6.29 Å². The van der Waals surface area contributed by atoms with Gasteiger partial charge in [-0.2, -0.15) is 0 Å². The van der Waals surface area contributed by atoms with Gasteiger partial charge in [-0.15, -0.1) is 0 Å². The maximum absolute atomic E-state index is 15.9. The Morgan fingerprint density at radius 2 is 1.76 bits per heavy atom. The molecule has 0 aliphatic carbocycles. The second-order valence-corrected chi connectivity index (χ2v) is 9.92. The Labute approximate surface area is 153 Å². The molecule has 0 aromatic heterocycles. The van der Waals surface area contributed by atoms with E-state index in [0.717, 1.165) is 6.42 Å². The third kappa shape index (κ3) is 2.70. The second-order valence-electron chi connectivity index (χ2n) is 9.92. The number of nitrogens with zero attached hydrogens (tertiary/aromatic N) is 2. The molecule has 0 saturated carbocycles. The zero-order chi connectivity index (χ0) is 18.9. The van der Waals surface area contributed by atoms with Crippen LogP contribution in [0.15, 0.2) is 0 Å². The molecule has 0 radical (unpaired) electrons. The predicted molar refractivity (Wildman–Crippen MR) is 99.5 cm³/mol. The topological polar surface area (TPSA) is 35.9 Å². The second kappa shape index (κ2) is 6.18. The van der Waals surface area contributed by atoms with Crippen molar-refractivity contribution in [2.24, 2.45) is 23.2 Å². The van der Waals surface area contributed by atoms with Crippen LogP contribution in [0.25, 0.3) is 0 Å². The van der Waals surface area contributed by atoms with Crippen molar-refractivity contribution >= 4 is 7.26 Å². The van der Waals surface area contributed by atoms with Gasteiger partial charge >= 0.3 is 7.26 Å². The molecule has 3 rings (SSSR count). The molecular formula is C19H36BFN2O2. The molecule has 6 heteroatoms. The largest absolute Gasteiger partial charge is 0.521 e. The maximum Gasteiger partial charge on any atom is 0.521 e. The fraction of sp³-hybridized carbons (Fsp3) is 1.00. The number of rotatable bonds is 3. The fourth-order valence-corrected chi connectivity index (χ4v) is 6.62. The van der Waals surface area contributed by atoms with Crippen LogP contribution in [0.3, 0.4) is 0 Å². The van der Waals surface area contributed by atoms with E-state index in [0.29, 0.717) is 24.4 Å². The van der Waals surface area contributed by atoms with E-state index in [1.54, 1.807) is 6.92 Å². The van der Waals surface area contributed by atoms with Crippen molar-refractivity contribution in [3.8, 4) is 0 Å². The van der Waals surface area contributed by atoms with Crippen molar-refractivity contribution in [1.29, 1.82) is 0 Å². The summed E-state index contributed by atoms with van der Waals surface area (Å²) in [4.78, 5) is 4.22. The van der Waals surface area contributed by atoms with E-state index in [4.69, 9.17) is 4.74 Å². The number of aliphatic hydroxyl groups excluding tert-OH is 1. The fourth-order valence-electron chi connectivity index (χ4n) is 6.62. The van der Waals surface area contributed by atoms with Crippen LogP contribution in [0, 0.1) is 23.2 Å². The molecule has 144 valence electrons. The standard InChI is InChI=1S/C19H36BFN2O2/c1-11-9-18(6,7)23-16(11)19(8,10-25-15(5)24)17-13(3)12(2)14(4)22(17)20(23)21/h11-17,24H,9-10H2,1-8H3. The van der Waals surface area contributed by atoms with Gasteiger partial charge in [0.1, 0.15) is 0 Å². The van der Waals surface area contributed by atoms with E-state index < -0.39 is 13.5 Å². The van der Waals surface area contributed by atoms with Crippen LogP contribution in [0.4, 0.5) is 4.32 Å². The van der Waals surface area contributed by atoms with Crippen LogP contribution in [-0.4, -0.2) is 58.5 Å². The normalized spacial score (nSPS) is 48.5. The van der Waals surface area contributed by atoms with Crippen LogP contribution in [0.1, 0.15) is 61.8 Å². The molecule has 1 N–H and O–H groups in total. The maximum atomic E-state index is 15.9. The SMILES string of the molecule is CC(O)OCC1(C)C2C(C)C(C)C(C)N2B(F)N2C1C(C)CC2(C)C. The van der Waals surface area contributed by atoms with Crippen LogP contribution < -0.4 is 0 Å². The molecule has 0 aromatic rings. The van der Waals surface area contributed by atoms with Gasteiger partial charge in [-0.05, 0) is 44.9 Å².